The molecule has 0 bridgehead atoms. The summed E-state index contributed by atoms with van der Waals surface area (Å²) in [6.07, 6.45) is 0.933. The Bertz CT molecular complexity index is 737. The third-order valence-electron chi connectivity index (χ3n) is 2.55. The van der Waals surface area contributed by atoms with Gasteiger partial charge in [-0.2, -0.15) is 4.39 Å². The van der Waals surface area contributed by atoms with Gasteiger partial charge in [0, 0.05) is 6.20 Å². The number of halogens is 3. The van der Waals surface area contributed by atoms with E-state index >= 15 is 0 Å². The molecule has 0 radical (unpaired) electrons. The SMILES string of the molecule is O=C(O)c1ccc(Cl)c(NC(=O)c2ccnc(F)c2F)c1. The summed E-state index contributed by atoms with van der Waals surface area (Å²) in [6, 6.07) is 4.61. The standard InChI is InChI=1S/C13H7ClF2N2O3/c14-8-2-1-6(13(20)21)5-9(8)18-12(19)7-3-4-17-11(16)10(7)15/h1-5H,(H,18,19)(H,20,21). The van der Waals surface area contributed by atoms with Gasteiger partial charge in [0.25, 0.3) is 5.91 Å². The number of carbonyl (C=O) groups excluding carboxylic acids is 1. The van der Waals surface area contributed by atoms with Crippen molar-refractivity contribution < 1.29 is 23.5 Å². The maximum absolute atomic E-state index is 13.4. The lowest BCUT2D eigenvalue weighted by Gasteiger charge is -2.08. The molecule has 0 unspecified atom stereocenters. The summed E-state index contributed by atoms with van der Waals surface area (Å²) in [5, 5.41) is 11.1. The molecule has 0 saturated heterocycles. The van der Waals surface area contributed by atoms with Crippen LogP contribution in [0.15, 0.2) is 30.5 Å². The van der Waals surface area contributed by atoms with E-state index in [1.165, 1.54) is 12.1 Å². The first-order chi connectivity index (χ1) is 9.90. The van der Waals surface area contributed by atoms with Crippen molar-refractivity contribution in [1.82, 2.24) is 4.98 Å². The van der Waals surface area contributed by atoms with Crippen molar-refractivity contribution in [3.05, 3.63) is 58.4 Å². The highest BCUT2D eigenvalue weighted by Gasteiger charge is 2.17. The first-order valence-electron chi connectivity index (χ1n) is 5.54. The number of pyridine rings is 1. The summed E-state index contributed by atoms with van der Waals surface area (Å²) >= 11 is 5.82. The van der Waals surface area contributed by atoms with Crippen LogP contribution in [0.1, 0.15) is 20.7 Å². The highest BCUT2D eigenvalue weighted by atomic mass is 35.5. The topological polar surface area (TPSA) is 79.3 Å². The molecular formula is C13H7ClF2N2O3. The van der Waals surface area contributed by atoms with Gasteiger partial charge in [-0.05, 0) is 24.3 Å². The summed E-state index contributed by atoms with van der Waals surface area (Å²) in [5.74, 6) is -5.00. The van der Waals surface area contributed by atoms with E-state index in [0.29, 0.717) is 0 Å². The number of carbonyl (C=O) groups is 2. The molecule has 1 amide bonds. The molecule has 2 N–H and O–H groups in total. The third kappa shape index (κ3) is 3.14. The maximum atomic E-state index is 13.4. The first kappa shape index (κ1) is 14.9. The minimum absolute atomic E-state index is 0.0295. The highest BCUT2D eigenvalue weighted by Crippen LogP contribution is 2.24. The van der Waals surface area contributed by atoms with Crippen molar-refractivity contribution in [1.29, 1.82) is 0 Å². The second-order valence-electron chi connectivity index (χ2n) is 3.92. The largest absolute Gasteiger partial charge is 0.478 e. The Balaban J connectivity index is 2.33. The minimum Gasteiger partial charge on any atom is -0.478 e. The van der Waals surface area contributed by atoms with Crippen molar-refractivity contribution in [2.75, 3.05) is 5.32 Å². The van der Waals surface area contributed by atoms with Gasteiger partial charge in [-0.25, -0.2) is 14.2 Å². The second-order valence-corrected chi connectivity index (χ2v) is 4.32. The van der Waals surface area contributed by atoms with E-state index in [1.54, 1.807) is 0 Å². The van der Waals surface area contributed by atoms with Crippen LogP contribution < -0.4 is 5.32 Å². The second kappa shape index (κ2) is 5.84. The zero-order valence-corrected chi connectivity index (χ0v) is 11.0. The Labute approximate surface area is 122 Å². The van der Waals surface area contributed by atoms with Crippen LogP contribution in [-0.2, 0) is 0 Å². The quantitative estimate of drug-likeness (QED) is 0.854. The van der Waals surface area contributed by atoms with Gasteiger partial charge >= 0.3 is 5.97 Å². The molecule has 0 aliphatic heterocycles. The number of hydrogen-bond donors (Lipinski definition) is 2. The van der Waals surface area contributed by atoms with Crippen LogP contribution in [0.2, 0.25) is 5.02 Å². The summed E-state index contributed by atoms with van der Waals surface area (Å²) in [6.45, 7) is 0. The lowest BCUT2D eigenvalue weighted by atomic mass is 10.2. The van der Waals surface area contributed by atoms with Gasteiger partial charge in [-0.1, -0.05) is 11.6 Å². The molecule has 2 aromatic rings. The number of hydrogen-bond acceptors (Lipinski definition) is 3. The molecule has 1 heterocycles. The van der Waals surface area contributed by atoms with Crippen LogP contribution in [0.3, 0.4) is 0 Å². The number of anilines is 1. The van der Waals surface area contributed by atoms with Crippen molar-refractivity contribution in [3.63, 3.8) is 0 Å². The predicted molar refractivity (Wildman–Crippen MR) is 70.5 cm³/mol. The number of carboxylic acids is 1. The van der Waals surface area contributed by atoms with Gasteiger partial charge < -0.3 is 10.4 Å². The van der Waals surface area contributed by atoms with Crippen molar-refractivity contribution in [3.8, 4) is 0 Å². The Morgan fingerprint density at radius 3 is 2.62 bits per heavy atom. The van der Waals surface area contributed by atoms with E-state index in [-0.39, 0.29) is 16.3 Å². The van der Waals surface area contributed by atoms with Crippen molar-refractivity contribution in [2.24, 2.45) is 0 Å². The average molecular weight is 313 g/mol. The predicted octanol–water partition coefficient (Wildman–Crippen LogP) is 2.96. The lowest BCUT2D eigenvalue weighted by Crippen LogP contribution is -2.15. The van der Waals surface area contributed by atoms with E-state index in [9.17, 15) is 18.4 Å². The Morgan fingerprint density at radius 2 is 1.95 bits per heavy atom. The third-order valence-corrected chi connectivity index (χ3v) is 2.88. The van der Waals surface area contributed by atoms with Gasteiger partial charge in [0.05, 0.1) is 21.8 Å². The number of nitrogens with one attached hydrogen (secondary N) is 1. The monoisotopic (exact) mass is 312 g/mol. The highest BCUT2D eigenvalue weighted by molar-refractivity contribution is 6.34. The van der Waals surface area contributed by atoms with Crippen LogP contribution >= 0.6 is 11.6 Å². The fourth-order valence-electron chi connectivity index (χ4n) is 1.54. The van der Waals surface area contributed by atoms with Gasteiger partial charge in [0.2, 0.25) is 5.95 Å². The fraction of sp³-hybridized carbons (Fsp3) is 0. The van der Waals surface area contributed by atoms with E-state index < -0.39 is 29.2 Å². The van der Waals surface area contributed by atoms with Crippen LogP contribution in [0.5, 0.6) is 0 Å². The number of benzene rings is 1. The van der Waals surface area contributed by atoms with E-state index in [4.69, 9.17) is 16.7 Å². The molecule has 1 aromatic carbocycles. The number of rotatable bonds is 3. The Kier molecular flexibility index (Phi) is 4.13. The summed E-state index contributed by atoms with van der Waals surface area (Å²) in [7, 11) is 0. The molecule has 5 nitrogen and oxygen atoms in total. The summed E-state index contributed by atoms with van der Waals surface area (Å²) in [4.78, 5) is 25.8. The van der Waals surface area contributed by atoms with Crippen molar-refractivity contribution >= 4 is 29.2 Å². The number of aromatic carboxylic acids is 1. The minimum atomic E-state index is -1.41. The molecule has 8 heteroatoms. The zero-order valence-electron chi connectivity index (χ0n) is 10.2. The van der Waals surface area contributed by atoms with Gasteiger partial charge in [-0.15, -0.1) is 0 Å². The summed E-state index contributed by atoms with van der Waals surface area (Å²) in [5.41, 5.74) is -0.714. The van der Waals surface area contributed by atoms with E-state index in [0.717, 1.165) is 18.3 Å². The van der Waals surface area contributed by atoms with Gasteiger partial charge in [0.15, 0.2) is 5.82 Å². The first-order valence-corrected chi connectivity index (χ1v) is 5.92. The van der Waals surface area contributed by atoms with Crippen LogP contribution in [-0.4, -0.2) is 22.0 Å². The number of nitrogens with zero attached hydrogens (tertiary/aromatic N) is 1. The molecule has 0 saturated carbocycles. The maximum Gasteiger partial charge on any atom is 0.335 e. The molecule has 0 spiro atoms. The van der Waals surface area contributed by atoms with Crippen LogP contribution in [0.25, 0.3) is 0 Å². The lowest BCUT2D eigenvalue weighted by molar-refractivity contribution is 0.0696. The van der Waals surface area contributed by atoms with Crippen molar-refractivity contribution in [2.45, 2.75) is 0 Å². The van der Waals surface area contributed by atoms with Gasteiger partial charge in [-0.3, -0.25) is 4.79 Å². The number of carboxylic acid groups (broad SMARTS) is 1. The molecule has 0 atom stereocenters. The average Bonchev–Trinajstić information content (AvgIpc) is 2.43. The van der Waals surface area contributed by atoms with E-state index in [2.05, 4.69) is 10.3 Å². The van der Waals surface area contributed by atoms with E-state index in [1.807, 2.05) is 0 Å². The zero-order chi connectivity index (χ0) is 15.6. The van der Waals surface area contributed by atoms with Crippen LogP contribution in [0.4, 0.5) is 14.5 Å². The van der Waals surface area contributed by atoms with Crippen LogP contribution in [0, 0.1) is 11.8 Å². The molecule has 0 fully saturated rings. The molecule has 108 valence electrons. The normalized spacial score (nSPS) is 10.2. The van der Waals surface area contributed by atoms with Gasteiger partial charge in [0.1, 0.15) is 0 Å². The number of amides is 1. The molecular weight excluding hydrogens is 306 g/mol. The molecule has 0 aliphatic rings. The Morgan fingerprint density at radius 1 is 1.24 bits per heavy atom. The summed E-state index contributed by atoms with van der Waals surface area (Å²) < 4.78 is 26.4. The fourth-order valence-corrected chi connectivity index (χ4v) is 1.70. The Hall–Kier alpha value is -2.54. The molecule has 2 rings (SSSR count). The molecule has 0 aliphatic carbocycles. The number of aromatic nitrogens is 1. The molecule has 21 heavy (non-hydrogen) atoms. The smallest absolute Gasteiger partial charge is 0.335 e. The molecule has 1 aromatic heterocycles.